The summed E-state index contributed by atoms with van der Waals surface area (Å²) in [5, 5.41) is 22.2. The summed E-state index contributed by atoms with van der Waals surface area (Å²) in [6.45, 7) is 2.04. The lowest BCUT2D eigenvalue weighted by Crippen LogP contribution is -2.34. The Balaban J connectivity index is 1.38. The van der Waals surface area contributed by atoms with Crippen molar-refractivity contribution in [3.63, 3.8) is 0 Å². The first kappa shape index (κ1) is 24.8. The van der Waals surface area contributed by atoms with E-state index >= 15 is 0 Å². The summed E-state index contributed by atoms with van der Waals surface area (Å²) in [6.07, 6.45) is 5.78. The molecule has 0 saturated heterocycles. The van der Waals surface area contributed by atoms with Crippen LogP contribution in [0, 0.1) is 34.4 Å². The van der Waals surface area contributed by atoms with Crippen LogP contribution in [0.1, 0.15) is 33.5 Å². The van der Waals surface area contributed by atoms with Gasteiger partial charge in [0.05, 0.1) is 22.7 Å². The predicted molar refractivity (Wildman–Crippen MR) is 138 cm³/mol. The van der Waals surface area contributed by atoms with Crippen LogP contribution in [-0.2, 0) is 19.5 Å². The van der Waals surface area contributed by atoms with Gasteiger partial charge in [-0.15, -0.1) is 0 Å². The molecule has 188 valence electrons. The van der Waals surface area contributed by atoms with Crippen molar-refractivity contribution >= 4 is 23.0 Å². The van der Waals surface area contributed by atoms with Gasteiger partial charge in [-0.3, -0.25) is 9.47 Å². The summed E-state index contributed by atoms with van der Waals surface area (Å²) in [4.78, 5) is 19.1. The molecular weight excluding hydrogens is 486 g/mol. The Kier molecular flexibility index (Phi) is 6.94. The van der Waals surface area contributed by atoms with E-state index in [-0.39, 0.29) is 18.1 Å². The van der Waals surface area contributed by atoms with Gasteiger partial charge in [0, 0.05) is 49.9 Å². The number of aromatic nitrogens is 2. The SMILES string of the molecule is N#Cc1ccc2c(c1)c1c(n2C(=O)NCc2ccnc(F)c2)CCN(C/C=C/c2ccc(F)c(C#N)c2)C1. The number of nitriles is 2. The second kappa shape index (κ2) is 10.6. The van der Waals surface area contributed by atoms with E-state index in [0.717, 1.165) is 22.2 Å². The number of hydrogen-bond acceptors (Lipinski definition) is 5. The monoisotopic (exact) mass is 508 g/mol. The molecule has 3 heterocycles. The highest BCUT2D eigenvalue weighted by Crippen LogP contribution is 2.31. The van der Waals surface area contributed by atoms with Gasteiger partial charge in [-0.05, 0) is 59.2 Å². The molecule has 1 amide bonds. The van der Waals surface area contributed by atoms with Crippen molar-refractivity contribution in [1.29, 1.82) is 10.5 Å². The molecule has 0 saturated carbocycles. The molecule has 2 aromatic carbocycles. The molecule has 5 rings (SSSR count). The summed E-state index contributed by atoms with van der Waals surface area (Å²) in [7, 11) is 0. The van der Waals surface area contributed by atoms with E-state index in [4.69, 9.17) is 5.26 Å². The Labute approximate surface area is 217 Å². The van der Waals surface area contributed by atoms with Gasteiger partial charge in [0.15, 0.2) is 0 Å². The van der Waals surface area contributed by atoms with Gasteiger partial charge in [0.2, 0.25) is 5.95 Å². The van der Waals surface area contributed by atoms with E-state index in [1.54, 1.807) is 34.9 Å². The molecule has 1 aliphatic rings. The van der Waals surface area contributed by atoms with Crippen molar-refractivity contribution in [2.24, 2.45) is 0 Å². The van der Waals surface area contributed by atoms with Crippen molar-refractivity contribution in [1.82, 2.24) is 19.8 Å². The summed E-state index contributed by atoms with van der Waals surface area (Å²) in [5.74, 6) is -1.15. The third-order valence-electron chi connectivity index (χ3n) is 6.58. The van der Waals surface area contributed by atoms with E-state index in [2.05, 4.69) is 21.3 Å². The summed E-state index contributed by atoms with van der Waals surface area (Å²) < 4.78 is 28.7. The lowest BCUT2D eigenvalue weighted by molar-refractivity contribution is 0.240. The Hall–Kier alpha value is -4.86. The molecule has 0 unspecified atom stereocenters. The topological polar surface area (TPSA) is 97.7 Å². The second-order valence-electron chi connectivity index (χ2n) is 8.99. The highest BCUT2D eigenvalue weighted by molar-refractivity contribution is 5.96. The second-order valence-corrected chi connectivity index (χ2v) is 8.99. The lowest BCUT2D eigenvalue weighted by atomic mass is 10.0. The van der Waals surface area contributed by atoms with E-state index in [1.807, 2.05) is 18.2 Å². The number of nitrogens with zero attached hydrogens (tertiary/aromatic N) is 5. The van der Waals surface area contributed by atoms with Gasteiger partial charge in [-0.2, -0.15) is 14.9 Å². The van der Waals surface area contributed by atoms with Crippen LogP contribution >= 0.6 is 0 Å². The van der Waals surface area contributed by atoms with Crippen molar-refractivity contribution in [2.75, 3.05) is 13.1 Å². The molecule has 0 radical (unpaired) electrons. The fourth-order valence-corrected chi connectivity index (χ4v) is 4.75. The van der Waals surface area contributed by atoms with Crippen molar-refractivity contribution in [3.05, 3.63) is 106 Å². The maximum Gasteiger partial charge on any atom is 0.326 e. The average molecular weight is 509 g/mol. The van der Waals surface area contributed by atoms with Gasteiger partial charge < -0.3 is 5.32 Å². The maximum absolute atomic E-state index is 13.6. The Morgan fingerprint density at radius 2 is 1.97 bits per heavy atom. The molecule has 1 N–H and O–H groups in total. The van der Waals surface area contributed by atoms with Crippen LogP contribution in [0.5, 0.6) is 0 Å². The standard InChI is InChI=1S/C29H22F2N6O/c30-25-5-3-19(12-22(25)16-33)2-1-10-36-11-8-27-24(18-36)23-13-20(15-32)4-6-26(23)37(27)29(38)35-17-21-7-9-34-28(31)14-21/h1-7,9,12-14H,8,10-11,17-18H2,(H,35,38)/b2-1+. The van der Waals surface area contributed by atoms with Crippen LogP contribution < -0.4 is 5.32 Å². The Morgan fingerprint density at radius 1 is 1.11 bits per heavy atom. The van der Waals surface area contributed by atoms with Crippen LogP contribution in [0.3, 0.4) is 0 Å². The molecule has 2 aromatic heterocycles. The number of pyridine rings is 1. The highest BCUT2D eigenvalue weighted by Gasteiger charge is 2.26. The van der Waals surface area contributed by atoms with Crippen LogP contribution in [0.2, 0.25) is 0 Å². The van der Waals surface area contributed by atoms with E-state index in [0.29, 0.717) is 42.7 Å². The largest absolute Gasteiger partial charge is 0.333 e. The Morgan fingerprint density at radius 3 is 2.76 bits per heavy atom. The smallest absolute Gasteiger partial charge is 0.326 e. The number of carbonyl (C=O) groups excluding carboxylic acids is 1. The van der Waals surface area contributed by atoms with E-state index < -0.39 is 11.8 Å². The third kappa shape index (κ3) is 5.01. The maximum atomic E-state index is 13.6. The number of nitrogens with one attached hydrogen (secondary N) is 1. The molecule has 7 nitrogen and oxygen atoms in total. The predicted octanol–water partition coefficient (Wildman–Crippen LogP) is 4.89. The number of carbonyl (C=O) groups is 1. The van der Waals surface area contributed by atoms with Crippen molar-refractivity contribution in [2.45, 2.75) is 19.5 Å². The molecule has 0 fully saturated rings. The minimum Gasteiger partial charge on any atom is -0.333 e. The number of rotatable bonds is 5. The van der Waals surface area contributed by atoms with E-state index in [9.17, 15) is 18.8 Å². The molecule has 0 atom stereocenters. The molecule has 0 bridgehead atoms. The van der Waals surface area contributed by atoms with Crippen molar-refractivity contribution < 1.29 is 13.6 Å². The number of amides is 1. The molecule has 4 aromatic rings. The zero-order valence-electron chi connectivity index (χ0n) is 20.3. The fourth-order valence-electron chi connectivity index (χ4n) is 4.75. The first-order chi connectivity index (χ1) is 18.5. The summed E-state index contributed by atoms with van der Waals surface area (Å²) in [6, 6.07) is 16.3. The summed E-state index contributed by atoms with van der Waals surface area (Å²) >= 11 is 0. The highest BCUT2D eigenvalue weighted by atomic mass is 19.1. The van der Waals surface area contributed by atoms with Crippen LogP contribution in [0.4, 0.5) is 13.6 Å². The molecule has 9 heteroatoms. The third-order valence-corrected chi connectivity index (χ3v) is 6.58. The summed E-state index contributed by atoms with van der Waals surface area (Å²) in [5.41, 5.74) is 4.42. The zero-order valence-corrected chi connectivity index (χ0v) is 20.3. The lowest BCUT2D eigenvalue weighted by Gasteiger charge is -2.27. The molecule has 0 spiro atoms. The first-order valence-electron chi connectivity index (χ1n) is 12.0. The molecular formula is C29H22F2N6O. The molecule has 38 heavy (non-hydrogen) atoms. The number of hydrogen-bond donors (Lipinski definition) is 1. The Bertz CT molecular complexity index is 1660. The average Bonchev–Trinajstić information content (AvgIpc) is 3.25. The van der Waals surface area contributed by atoms with Gasteiger partial charge in [-0.1, -0.05) is 18.2 Å². The zero-order chi connectivity index (χ0) is 26.6. The van der Waals surface area contributed by atoms with Crippen LogP contribution in [0.15, 0.2) is 60.8 Å². The van der Waals surface area contributed by atoms with Crippen LogP contribution in [-0.4, -0.2) is 33.6 Å². The van der Waals surface area contributed by atoms with Gasteiger partial charge >= 0.3 is 6.03 Å². The van der Waals surface area contributed by atoms with Gasteiger partial charge in [0.25, 0.3) is 0 Å². The number of benzene rings is 2. The molecule has 1 aliphatic heterocycles. The minimum atomic E-state index is -0.608. The first-order valence-corrected chi connectivity index (χ1v) is 12.0. The number of halogens is 2. The normalized spacial score (nSPS) is 13.3. The minimum absolute atomic E-state index is 0.00298. The van der Waals surface area contributed by atoms with Gasteiger partial charge in [0.1, 0.15) is 11.9 Å². The fraction of sp³-hybridized carbons (Fsp3) is 0.172. The number of fused-ring (bicyclic) bond motifs is 3. The van der Waals surface area contributed by atoms with E-state index in [1.165, 1.54) is 24.4 Å². The quantitative estimate of drug-likeness (QED) is 0.387. The van der Waals surface area contributed by atoms with Gasteiger partial charge in [-0.25, -0.2) is 14.2 Å². The molecule has 0 aliphatic carbocycles. The van der Waals surface area contributed by atoms with Crippen LogP contribution in [0.25, 0.3) is 17.0 Å². The van der Waals surface area contributed by atoms with Crippen molar-refractivity contribution in [3.8, 4) is 12.1 Å².